The Bertz CT molecular complexity index is 276. The van der Waals surface area contributed by atoms with Crippen LogP contribution in [0.4, 0.5) is 0 Å². The smallest absolute Gasteiger partial charge is 0.156 e. The molecule has 1 unspecified atom stereocenters. The van der Waals surface area contributed by atoms with Crippen molar-refractivity contribution in [1.29, 1.82) is 0 Å². The van der Waals surface area contributed by atoms with Crippen molar-refractivity contribution >= 4 is 9.84 Å². The van der Waals surface area contributed by atoms with E-state index in [1.165, 1.54) is 0 Å². The van der Waals surface area contributed by atoms with Gasteiger partial charge in [0.2, 0.25) is 0 Å². The zero-order valence-electron chi connectivity index (χ0n) is 8.87. The van der Waals surface area contributed by atoms with Crippen LogP contribution in [0.2, 0.25) is 0 Å². The highest BCUT2D eigenvalue weighted by Crippen LogP contribution is 2.28. The summed E-state index contributed by atoms with van der Waals surface area (Å²) in [6.45, 7) is 7.33. The van der Waals surface area contributed by atoms with Gasteiger partial charge in [-0.05, 0) is 12.5 Å². The fourth-order valence-electron chi connectivity index (χ4n) is 1.73. The van der Waals surface area contributed by atoms with Crippen LogP contribution < -0.4 is 0 Å². The third-order valence-corrected chi connectivity index (χ3v) is 5.11. The lowest BCUT2D eigenvalue weighted by Gasteiger charge is -2.37. The second-order valence-corrected chi connectivity index (χ2v) is 7.29. The Hall–Kier alpha value is -0.0900. The summed E-state index contributed by atoms with van der Waals surface area (Å²) in [5.41, 5.74) is -0.145. The van der Waals surface area contributed by atoms with Gasteiger partial charge in [0, 0.05) is 13.1 Å². The molecule has 1 aliphatic heterocycles. The van der Waals surface area contributed by atoms with Crippen LogP contribution >= 0.6 is 0 Å². The Balaban J connectivity index is 2.92. The van der Waals surface area contributed by atoms with Crippen molar-refractivity contribution in [1.82, 2.24) is 4.90 Å². The topological polar surface area (TPSA) is 37.4 Å². The van der Waals surface area contributed by atoms with Crippen LogP contribution in [0.1, 0.15) is 20.8 Å². The molecule has 0 amide bonds. The lowest BCUT2D eigenvalue weighted by molar-refractivity contribution is 0.260. The van der Waals surface area contributed by atoms with E-state index in [-0.39, 0.29) is 10.7 Å². The summed E-state index contributed by atoms with van der Waals surface area (Å²) in [5.74, 6) is 0.311. The zero-order chi connectivity index (χ0) is 10.3. The number of rotatable bonds is 0. The molecule has 1 saturated heterocycles. The van der Waals surface area contributed by atoms with E-state index in [4.69, 9.17) is 0 Å². The monoisotopic (exact) mass is 205 g/mol. The summed E-state index contributed by atoms with van der Waals surface area (Å²) >= 11 is 0. The van der Waals surface area contributed by atoms with Crippen LogP contribution in [-0.2, 0) is 9.84 Å². The first kappa shape index (κ1) is 11.0. The first-order valence-corrected chi connectivity index (χ1v) is 6.35. The Kier molecular flexibility index (Phi) is 2.74. The molecule has 0 radical (unpaired) electrons. The van der Waals surface area contributed by atoms with Gasteiger partial charge in [-0.15, -0.1) is 0 Å². The summed E-state index contributed by atoms with van der Waals surface area (Å²) < 4.78 is 23.5. The fourth-order valence-corrected chi connectivity index (χ4v) is 4.14. The van der Waals surface area contributed by atoms with Crippen molar-refractivity contribution in [2.75, 3.05) is 25.9 Å². The summed E-state index contributed by atoms with van der Waals surface area (Å²) in [6.07, 6.45) is 0. The average Bonchev–Trinajstić information content (AvgIpc) is 1.92. The predicted molar refractivity (Wildman–Crippen MR) is 54.5 cm³/mol. The van der Waals surface area contributed by atoms with Crippen LogP contribution in [-0.4, -0.2) is 44.5 Å². The van der Waals surface area contributed by atoms with Crippen LogP contribution in [0.5, 0.6) is 0 Å². The third-order valence-electron chi connectivity index (χ3n) is 2.63. The van der Waals surface area contributed by atoms with Crippen molar-refractivity contribution in [3.8, 4) is 0 Å². The molecule has 0 spiro atoms. The second kappa shape index (κ2) is 3.24. The molecule has 1 atom stereocenters. The zero-order valence-corrected chi connectivity index (χ0v) is 9.69. The first-order valence-electron chi connectivity index (χ1n) is 4.63. The van der Waals surface area contributed by atoms with E-state index in [1.54, 1.807) is 0 Å². The van der Waals surface area contributed by atoms with Gasteiger partial charge >= 0.3 is 0 Å². The van der Waals surface area contributed by atoms with Gasteiger partial charge in [0.05, 0.1) is 11.0 Å². The van der Waals surface area contributed by atoms with Crippen molar-refractivity contribution in [3.05, 3.63) is 0 Å². The predicted octanol–water partition coefficient (Wildman–Crippen LogP) is 0.761. The van der Waals surface area contributed by atoms with Gasteiger partial charge in [0.15, 0.2) is 9.84 Å². The molecule has 0 aromatic rings. The van der Waals surface area contributed by atoms with Gasteiger partial charge in [0.25, 0.3) is 0 Å². The van der Waals surface area contributed by atoms with E-state index in [2.05, 4.69) is 4.90 Å². The highest BCUT2D eigenvalue weighted by molar-refractivity contribution is 7.92. The van der Waals surface area contributed by atoms with Crippen LogP contribution in [0.3, 0.4) is 0 Å². The second-order valence-electron chi connectivity index (χ2n) is 4.98. The number of hydrogen-bond donors (Lipinski definition) is 0. The largest absolute Gasteiger partial charge is 0.304 e. The van der Waals surface area contributed by atoms with Gasteiger partial charge in [0.1, 0.15) is 0 Å². The van der Waals surface area contributed by atoms with Gasteiger partial charge < -0.3 is 4.90 Å². The van der Waals surface area contributed by atoms with Crippen molar-refractivity contribution < 1.29 is 8.42 Å². The van der Waals surface area contributed by atoms with E-state index in [1.807, 2.05) is 27.8 Å². The Morgan fingerprint density at radius 2 is 1.85 bits per heavy atom. The Morgan fingerprint density at radius 3 is 2.23 bits per heavy atom. The average molecular weight is 205 g/mol. The van der Waals surface area contributed by atoms with Crippen LogP contribution in [0, 0.1) is 5.41 Å². The molecular weight excluding hydrogens is 186 g/mol. The molecule has 0 N–H and O–H groups in total. The highest BCUT2D eigenvalue weighted by Gasteiger charge is 2.39. The SMILES string of the molecule is CN1CCS(=O)(=O)C(C(C)(C)C)C1. The summed E-state index contributed by atoms with van der Waals surface area (Å²) in [7, 11) is -0.876. The minimum absolute atomic E-state index is 0.145. The summed E-state index contributed by atoms with van der Waals surface area (Å²) in [5, 5.41) is -0.209. The first-order chi connectivity index (χ1) is 5.73. The van der Waals surface area contributed by atoms with E-state index in [0.29, 0.717) is 18.8 Å². The molecule has 1 heterocycles. The highest BCUT2D eigenvalue weighted by atomic mass is 32.2. The molecule has 0 aromatic carbocycles. The number of sulfone groups is 1. The summed E-state index contributed by atoms with van der Waals surface area (Å²) in [4.78, 5) is 2.09. The van der Waals surface area contributed by atoms with E-state index in [0.717, 1.165) is 0 Å². The molecule has 0 bridgehead atoms. The van der Waals surface area contributed by atoms with Crippen molar-refractivity contribution in [2.24, 2.45) is 5.41 Å². The maximum Gasteiger partial charge on any atom is 0.156 e. The van der Waals surface area contributed by atoms with Gasteiger partial charge in [-0.2, -0.15) is 0 Å². The number of hydrogen-bond acceptors (Lipinski definition) is 3. The van der Waals surface area contributed by atoms with E-state index in [9.17, 15) is 8.42 Å². The molecule has 1 aliphatic rings. The molecule has 0 aliphatic carbocycles. The maximum absolute atomic E-state index is 11.7. The molecule has 4 heteroatoms. The molecule has 0 saturated carbocycles. The summed E-state index contributed by atoms with van der Waals surface area (Å²) in [6, 6.07) is 0. The molecule has 3 nitrogen and oxygen atoms in total. The van der Waals surface area contributed by atoms with Crippen molar-refractivity contribution in [2.45, 2.75) is 26.0 Å². The quantitative estimate of drug-likeness (QED) is 0.586. The standard InChI is InChI=1S/C9H19NO2S/c1-9(2,3)8-7-10(4)5-6-13(8,11)12/h8H,5-7H2,1-4H3. The minimum Gasteiger partial charge on any atom is -0.304 e. The van der Waals surface area contributed by atoms with Gasteiger partial charge in [-0.25, -0.2) is 8.42 Å². The third kappa shape index (κ3) is 2.44. The van der Waals surface area contributed by atoms with E-state index >= 15 is 0 Å². The van der Waals surface area contributed by atoms with E-state index < -0.39 is 9.84 Å². The Labute approximate surface area is 81.0 Å². The molecule has 13 heavy (non-hydrogen) atoms. The Morgan fingerprint density at radius 1 is 1.31 bits per heavy atom. The number of nitrogens with zero attached hydrogens (tertiary/aromatic N) is 1. The van der Waals surface area contributed by atoms with Crippen LogP contribution in [0.15, 0.2) is 0 Å². The lowest BCUT2D eigenvalue weighted by atomic mass is 9.91. The molecule has 0 aromatic heterocycles. The van der Waals surface area contributed by atoms with Crippen molar-refractivity contribution in [3.63, 3.8) is 0 Å². The lowest BCUT2D eigenvalue weighted by Crippen LogP contribution is -2.50. The molecule has 1 rings (SSSR count). The van der Waals surface area contributed by atoms with Gasteiger partial charge in [-0.1, -0.05) is 20.8 Å². The molecule has 78 valence electrons. The maximum atomic E-state index is 11.7. The molecule has 1 fully saturated rings. The van der Waals surface area contributed by atoms with Crippen LogP contribution in [0.25, 0.3) is 0 Å². The fraction of sp³-hybridized carbons (Fsp3) is 1.00. The van der Waals surface area contributed by atoms with Gasteiger partial charge in [-0.3, -0.25) is 0 Å². The minimum atomic E-state index is -2.86. The normalized spacial score (nSPS) is 30.3. The molecular formula is C9H19NO2S.